The third kappa shape index (κ3) is 2.61. The van der Waals surface area contributed by atoms with Gasteiger partial charge in [0.05, 0.1) is 6.61 Å². The first-order valence-corrected chi connectivity index (χ1v) is 6.10. The van der Waals surface area contributed by atoms with Crippen LogP contribution in [-0.2, 0) is 9.53 Å². The van der Waals surface area contributed by atoms with Crippen molar-refractivity contribution in [2.75, 3.05) is 6.61 Å². The molecule has 96 valence electrons. The number of nitrogens with one attached hydrogen (secondary N) is 1. The minimum atomic E-state index is -0.647. The van der Waals surface area contributed by atoms with Crippen molar-refractivity contribution in [1.82, 2.24) is 4.98 Å². The molecule has 0 atom stereocenters. The highest BCUT2D eigenvalue weighted by atomic mass is 35.5. The van der Waals surface area contributed by atoms with Gasteiger partial charge < -0.3 is 9.72 Å². The summed E-state index contributed by atoms with van der Waals surface area (Å²) in [7, 11) is 0. The van der Waals surface area contributed by atoms with Crippen LogP contribution in [0.5, 0.6) is 0 Å². The van der Waals surface area contributed by atoms with Crippen molar-refractivity contribution >= 4 is 34.5 Å². The van der Waals surface area contributed by atoms with Gasteiger partial charge in [-0.25, -0.2) is 4.79 Å². The number of benzene rings is 1. The van der Waals surface area contributed by atoms with Gasteiger partial charge in [0.2, 0.25) is 0 Å². The number of nitriles is 1. The molecule has 1 N–H and O–H groups in total. The summed E-state index contributed by atoms with van der Waals surface area (Å²) >= 11 is 6.09. The van der Waals surface area contributed by atoms with Crippen LogP contribution >= 0.6 is 11.6 Å². The number of para-hydroxylation sites is 1. The van der Waals surface area contributed by atoms with Gasteiger partial charge in [0.1, 0.15) is 16.8 Å². The number of carbonyl (C=O) groups excluding carboxylic acids is 1. The molecule has 0 amide bonds. The summed E-state index contributed by atoms with van der Waals surface area (Å²) in [5, 5.41) is 10.3. The topological polar surface area (TPSA) is 65.9 Å². The zero-order valence-corrected chi connectivity index (χ0v) is 11.0. The maximum absolute atomic E-state index is 11.6. The van der Waals surface area contributed by atoms with E-state index in [0.717, 1.165) is 10.9 Å². The molecular formula is C14H11ClN2O2. The van der Waals surface area contributed by atoms with E-state index in [2.05, 4.69) is 4.98 Å². The lowest BCUT2D eigenvalue weighted by Gasteiger charge is -1.99. The van der Waals surface area contributed by atoms with Crippen molar-refractivity contribution in [1.29, 1.82) is 5.26 Å². The zero-order chi connectivity index (χ0) is 13.8. The second-order valence-electron chi connectivity index (χ2n) is 3.79. The first-order valence-electron chi connectivity index (χ1n) is 5.72. The van der Waals surface area contributed by atoms with Crippen molar-refractivity contribution in [3.63, 3.8) is 0 Å². The molecule has 0 spiro atoms. The molecule has 0 bridgehead atoms. The molecule has 4 nitrogen and oxygen atoms in total. The second kappa shape index (κ2) is 5.59. The molecular weight excluding hydrogens is 264 g/mol. The number of hydrogen-bond donors (Lipinski definition) is 1. The van der Waals surface area contributed by atoms with Crippen LogP contribution in [0.2, 0.25) is 5.15 Å². The lowest BCUT2D eigenvalue weighted by atomic mass is 10.1. The van der Waals surface area contributed by atoms with Gasteiger partial charge in [-0.15, -0.1) is 0 Å². The van der Waals surface area contributed by atoms with Crippen LogP contribution in [0.1, 0.15) is 12.5 Å². The number of fused-ring (bicyclic) bond motifs is 1. The smallest absolute Gasteiger partial charge is 0.348 e. The second-order valence-corrected chi connectivity index (χ2v) is 4.17. The number of rotatable bonds is 3. The zero-order valence-electron chi connectivity index (χ0n) is 10.2. The first kappa shape index (κ1) is 13.2. The summed E-state index contributed by atoms with van der Waals surface area (Å²) in [5.41, 5.74) is 1.38. The Morgan fingerprint density at radius 2 is 2.26 bits per heavy atom. The summed E-state index contributed by atoms with van der Waals surface area (Å²) in [6.07, 6.45) is 1.44. The number of carbonyl (C=O) groups is 1. The van der Waals surface area contributed by atoms with Crippen LogP contribution in [0.15, 0.2) is 29.8 Å². The molecule has 1 aromatic heterocycles. The predicted molar refractivity (Wildman–Crippen MR) is 73.5 cm³/mol. The van der Waals surface area contributed by atoms with E-state index in [4.69, 9.17) is 21.6 Å². The summed E-state index contributed by atoms with van der Waals surface area (Å²) < 4.78 is 4.81. The van der Waals surface area contributed by atoms with E-state index in [-0.39, 0.29) is 12.2 Å². The van der Waals surface area contributed by atoms with E-state index in [1.54, 1.807) is 6.92 Å². The number of halogens is 1. The maximum Gasteiger partial charge on any atom is 0.348 e. The van der Waals surface area contributed by atoms with E-state index in [0.29, 0.717) is 10.7 Å². The number of hydrogen-bond acceptors (Lipinski definition) is 3. The maximum atomic E-state index is 11.6. The van der Waals surface area contributed by atoms with Crippen LogP contribution < -0.4 is 0 Å². The molecule has 0 saturated heterocycles. The highest BCUT2D eigenvalue weighted by molar-refractivity contribution is 6.33. The van der Waals surface area contributed by atoms with Crippen molar-refractivity contribution in [2.45, 2.75) is 6.92 Å². The van der Waals surface area contributed by atoms with Crippen molar-refractivity contribution < 1.29 is 9.53 Å². The molecule has 0 aliphatic carbocycles. The Balaban J connectivity index is 2.52. The molecule has 2 aromatic rings. The summed E-state index contributed by atoms with van der Waals surface area (Å²) in [4.78, 5) is 14.6. The first-order chi connectivity index (χ1) is 9.17. The summed E-state index contributed by atoms with van der Waals surface area (Å²) in [5.74, 6) is -0.647. The van der Waals surface area contributed by atoms with Crippen LogP contribution in [0.3, 0.4) is 0 Å². The number of H-pyrrole nitrogens is 1. The average molecular weight is 275 g/mol. The molecule has 0 saturated carbocycles. The minimum absolute atomic E-state index is 0.0755. The van der Waals surface area contributed by atoms with Crippen molar-refractivity contribution in [2.24, 2.45) is 0 Å². The monoisotopic (exact) mass is 274 g/mol. The number of ether oxygens (including phenoxy) is 1. The molecule has 0 aliphatic heterocycles. The molecule has 0 aliphatic rings. The fourth-order valence-corrected chi connectivity index (χ4v) is 2.02. The third-order valence-corrected chi connectivity index (χ3v) is 2.90. The van der Waals surface area contributed by atoms with Gasteiger partial charge in [-0.2, -0.15) is 5.26 Å². The Morgan fingerprint density at radius 3 is 2.95 bits per heavy atom. The fraction of sp³-hybridized carbons (Fsp3) is 0.143. The fourth-order valence-electron chi connectivity index (χ4n) is 1.76. The van der Waals surface area contributed by atoms with Gasteiger partial charge in [0.15, 0.2) is 0 Å². The molecule has 5 heteroatoms. The molecule has 0 radical (unpaired) electrons. The molecule has 0 fully saturated rings. The van der Waals surface area contributed by atoms with E-state index in [1.165, 1.54) is 6.08 Å². The Kier molecular flexibility index (Phi) is 3.88. The third-order valence-electron chi connectivity index (χ3n) is 2.60. The molecule has 0 unspecified atom stereocenters. The van der Waals surface area contributed by atoms with Crippen LogP contribution in [0.25, 0.3) is 17.0 Å². The van der Waals surface area contributed by atoms with E-state index >= 15 is 0 Å². The Morgan fingerprint density at radius 1 is 1.53 bits per heavy atom. The van der Waals surface area contributed by atoms with Crippen LogP contribution in [0.4, 0.5) is 0 Å². The molecule has 1 aromatic carbocycles. The van der Waals surface area contributed by atoms with Gasteiger partial charge >= 0.3 is 5.97 Å². The van der Waals surface area contributed by atoms with Crippen molar-refractivity contribution in [3.05, 3.63) is 40.6 Å². The lowest BCUT2D eigenvalue weighted by molar-refractivity contribution is -0.137. The van der Waals surface area contributed by atoms with E-state index in [9.17, 15) is 4.79 Å². The summed E-state index contributed by atoms with van der Waals surface area (Å²) in [6.45, 7) is 1.91. The number of aromatic nitrogens is 1. The SMILES string of the molecule is CCOC(=O)/C(C#N)=C/c1c(Cl)[nH]c2ccccc12. The quantitative estimate of drug-likeness (QED) is 0.530. The van der Waals surface area contributed by atoms with E-state index < -0.39 is 5.97 Å². The van der Waals surface area contributed by atoms with Crippen LogP contribution in [-0.4, -0.2) is 17.6 Å². The van der Waals surface area contributed by atoms with Gasteiger partial charge in [-0.1, -0.05) is 29.8 Å². The molecule has 1 heterocycles. The van der Waals surface area contributed by atoms with Gasteiger partial charge in [0, 0.05) is 16.5 Å². The lowest BCUT2D eigenvalue weighted by Crippen LogP contribution is -2.05. The Labute approximate surface area is 115 Å². The van der Waals surface area contributed by atoms with Gasteiger partial charge in [0.25, 0.3) is 0 Å². The Bertz CT molecular complexity index is 695. The number of nitrogens with zero attached hydrogens (tertiary/aromatic N) is 1. The predicted octanol–water partition coefficient (Wildman–Crippen LogP) is 3.29. The standard InChI is InChI=1S/C14H11ClN2O2/c1-2-19-14(18)9(8-16)7-11-10-5-3-4-6-12(10)17-13(11)15/h3-7,17H,2H2,1H3/b9-7+. The summed E-state index contributed by atoms with van der Waals surface area (Å²) in [6, 6.07) is 9.30. The van der Waals surface area contributed by atoms with Gasteiger partial charge in [-0.3, -0.25) is 0 Å². The largest absolute Gasteiger partial charge is 0.462 e. The van der Waals surface area contributed by atoms with Gasteiger partial charge in [-0.05, 0) is 19.1 Å². The highest BCUT2D eigenvalue weighted by Crippen LogP contribution is 2.28. The number of esters is 1. The van der Waals surface area contributed by atoms with Crippen molar-refractivity contribution in [3.8, 4) is 6.07 Å². The van der Waals surface area contributed by atoms with E-state index in [1.807, 2.05) is 30.3 Å². The molecule has 19 heavy (non-hydrogen) atoms. The minimum Gasteiger partial charge on any atom is -0.462 e. The molecule has 2 rings (SSSR count). The van der Waals surface area contributed by atoms with Crippen LogP contribution in [0, 0.1) is 11.3 Å². The average Bonchev–Trinajstić information content (AvgIpc) is 2.72. The normalized spacial score (nSPS) is 11.3. The Hall–Kier alpha value is -2.25. The highest BCUT2D eigenvalue weighted by Gasteiger charge is 2.13. The number of aromatic amines is 1.